The van der Waals surface area contributed by atoms with Crippen LogP contribution in [0.4, 0.5) is 11.4 Å². The summed E-state index contributed by atoms with van der Waals surface area (Å²) in [5.74, 6) is -0.308. The monoisotopic (exact) mass is 394 g/mol. The molecule has 0 heterocycles. The van der Waals surface area contributed by atoms with Crippen molar-refractivity contribution < 1.29 is 19.2 Å². The molecular formula is C22H22N2O5. The molecule has 2 aliphatic carbocycles. The second-order valence-corrected chi connectivity index (χ2v) is 7.72. The van der Waals surface area contributed by atoms with Crippen LogP contribution in [-0.2, 0) is 25.2 Å². The second kappa shape index (κ2) is 6.99. The molecule has 0 aliphatic heterocycles. The summed E-state index contributed by atoms with van der Waals surface area (Å²) < 4.78 is 5.19. The Hall–Kier alpha value is -3.22. The van der Waals surface area contributed by atoms with Crippen molar-refractivity contribution in [2.24, 2.45) is 0 Å². The van der Waals surface area contributed by atoms with E-state index in [0.29, 0.717) is 25.1 Å². The van der Waals surface area contributed by atoms with Crippen LogP contribution in [-0.4, -0.2) is 23.4 Å². The summed E-state index contributed by atoms with van der Waals surface area (Å²) >= 11 is 0. The molecule has 0 aromatic heterocycles. The smallest absolute Gasteiger partial charge is 0.316 e. The van der Waals surface area contributed by atoms with Crippen molar-refractivity contribution in [1.29, 1.82) is 0 Å². The number of nitro groups is 1. The second-order valence-electron chi connectivity index (χ2n) is 7.72. The Morgan fingerprint density at radius 3 is 1.97 bits per heavy atom. The van der Waals surface area contributed by atoms with Gasteiger partial charge in [0.1, 0.15) is 0 Å². The number of carbonyl (C=O) groups excluding carboxylic acids is 2. The highest BCUT2D eigenvalue weighted by Gasteiger charge is 2.53. The van der Waals surface area contributed by atoms with Gasteiger partial charge in [0.2, 0.25) is 5.91 Å². The number of non-ortho nitro benzene ring substituents is 1. The van der Waals surface area contributed by atoms with Crippen LogP contribution in [0.2, 0.25) is 0 Å². The summed E-state index contributed by atoms with van der Waals surface area (Å²) in [6.45, 7) is 2.16. The summed E-state index contributed by atoms with van der Waals surface area (Å²) in [4.78, 5) is 35.5. The maximum absolute atomic E-state index is 12.9. The predicted molar refractivity (Wildman–Crippen MR) is 107 cm³/mol. The van der Waals surface area contributed by atoms with Gasteiger partial charge in [-0.05, 0) is 55.9 Å². The van der Waals surface area contributed by atoms with Crippen LogP contribution in [0.5, 0.6) is 0 Å². The lowest BCUT2D eigenvalue weighted by molar-refractivity contribution is -0.384. The van der Waals surface area contributed by atoms with Gasteiger partial charge in [-0.1, -0.05) is 24.3 Å². The van der Waals surface area contributed by atoms with Crippen molar-refractivity contribution in [3.63, 3.8) is 0 Å². The van der Waals surface area contributed by atoms with E-state index in [2.05, 4.69) is 5.32 Å². The molecule has 2 fully saturated rings. The molecule has 7 heteroatoms. The number of ether oxygens (including phenoxy) is 1. The highest BCUT2D eigenvalue weighted by atomic mass is 16.6. The predicted octanol–water partition coefficient (Wildman–Crippen LogP) is 3.86. The van der Waals surface area contributed by atoms with Crippen LogP contribution in [0, 0.1) is 10.1 Å². The molecule has 0 bridgehead atoms. The molecule has 0 spiro atoms. The standard InChI is InChI=1S/C22H22N2O5/c1-2-29-20(26)22(13-14-22)16-3-7-17(8-4-16)23-19(25)21(11-12-21)15-5-9-18(10-6-15)24(27)28/h3-10H,2,11-14H2,1H3,(H,23,25). The molecule has 0 atom stereocenters. The third kappa shape index (κ3) is 3.37. The van der Waals surface area contributed by atoms with E-state index in [-0.39, 0.29) is 17.6 Å². The summed E-state index contributed by atoms with van der Waals surface area (Å²) in [7, 11) is 0. The first-order valence-corrected chi connectivity index (χ1v) is 9.75. The molecule has 1 N–H and O–H groups in total. The van der Waals surface area contributed by atoms with Crippen LogP contribution < -0.4 is 5.32 Å². The number of benzene rings is 2. The van der Waals surface area contributed by atoms with E-state index in [1.54, 1.807) is 31.2 Å². The van der Waals surface area contributed by atoms with E-state index >= 15 is 0 Å². The van der Waals surface area contributed by atoms with Crippen molar-refractivity contribution in [2.45, 2.75) is 43.4 Å². The lowest BCUT2D eigenvalue weighted by atomic mass is 9.94. The van der Waals surface area contributed by atoms with E-state index in [4.69, 9.17) is 4.74 Å². The number of carbonyl (C=O) groups is 2. The van der Waals surface area contributed by atoms with Crippen molar-refractivity contribution in [3.8, 4) is 0 Å². The minimum absolute atomic E-state index is 0.0103. The number of rotatable bonds is 7. The van der Waals surface area contributed by atoms with Crippen LogP contribution in [0.1, 0.15) is 43.7 Å². The quantitative estimate of drug-likeness (QED) is 0.437. The Morgan fingerprint density at radius 2 is 1.48 bits per heavy atom. The fraction of sp³-hybridized carbons (Fsp3) is 0.364. The van der Waals surface area contributed by atoms with Gasteiger partial charge in [0.25, 0.3) is 5.69 Å². The van der Waals surface area contributed by atoms with E-state index in [1.807, 2.05) is 12.1 Å². The normalized spacial score (nSPS) is 17.8. The van der Waals surface area contributed by atoms with Crippen LogP contribution >= 0.6 is 0 Å². The first-order chi connectivity index (χ1) is 13.9. The molecule has 29 heavy (non-hydrogen) atoms. The van der Waals surface area contributed by atoms with Crippen molar-refractivity contribution in [3.05, 3.63) is 69.8 Å². The number of nitrogens with zero attached hydrogens (tertiary/aromatic N) is 1. The SMILES string of the molecule is CCOC(=O)C1(c2ccc(NC(=O)C3(c4ccc([N+](=O)[O-])cc4)CC3)cc2)CC1. The Bertz CT molecular complexity index is 958. The minimum Gasteiger partial charge on any atom is -0.465 e. The highest BCUT2D eigenvalue weighted by Crippen LogP contribution is 2.50. The molecule has 2 aliphatic rings. The van der Waals surface area contributed by atoms with Gasteiger partial charge in [0.05, 0.1) is 22.4 Å². The van der Waals surface area contributed by atoms with E-state index in [1.165, 1.54) is 12.1 Å². The molecule has 0 unspecified atom stereocenters. The van der Waals surface area contributed by atoms with Gasteiger partial charge in [-0.3, -0.25) is 19.7 Å². The van der Waals surface area contributed by atoms with Crippen molar-refractivity contribution in [2.75, 3.05) is 11.9 Å². The largest absolute Gasteiger partial charge is 0.465 e. The summed E-state index contributed by atoms with van der Waals surface area (Å²) in [6, 6.07) is 13.5. The van der Waals surface area contributed by atoms with Gasteiger partial charge < -0.3 is 10.1 Å². The molecule has 150 valence electrons. The van der Waals surface area contributed by atoms with Gasteiger partial charge >= 0.3 is 5.97 Å². The van der Waals surface area contributed by atoms with Crippen LogP contribution in [0.25, 0.3) is 0 Å². The number of nitrogens with one attached hydrogen (secondary N) is 1. The van der Waals surface area contributed by atoms with Gasteiger partial charge in [-0.2, -0.15) is 0 Å². The first-order valence-electron chi connectivity index (χ1n) is 9.75. The Balaban J connectivity index is 1.46. The Labute approximate surface area is 168 Å². The zero-order valence-electron chi connectivity index (χ0n) is 16.1. The van der Waals surface area contributed by atoms with Gasteiger partial charge in [-0.15, -0.1) is 0 Å². The van der Waals surface area contributed by atoms with E-state index < -0.39 is 15.8 Å². The highest BCUT2D eigenvalue weighted by molar-refractivity contribution is 6.01. The van der Waals surface area contributed by atoms with E-state index in [9.17, 15) is 19.7 Å². The van der Waals surface area contributed by atoms with E-state index in [0.717, 1.165) is 24.0 Å². The number of amides is 1. The number of hydrogen-bond acceptors (Lipinski definition) is 5. The number of esters is 1. The number of nitro benzene ring substituents is 1. The average Bonchev–Trinajstić information content (AvgIpc) is 3.63. The molecule has 2 aromatic rings. The zero-order valence-corrected chi connectivity index (χ0v) is 16.1. The van der Waals surface area contributed by atoms with Gasteiger partial charge in [0, 0.05) is 17.8 Å². The maximum atomic E-state index is 12.9. The lowest BCUT2D eigenvalue weighted by Gasteiger charge is -2.17. The fourth-order valence-corrected chi connectivity index (χ4v) is 3.80. The minimum atomic E-state index is -0.629. The van der Waals surface area contributed by atoms with Crippen LogP contribution in [0.15, 0.2) is 48.5 Å². The Kier molecular flexibility index (Phi) is 4.61. The topological polar surface area (TPSA) is 98.5 Å². The van der Waals surface area contributed by atoms with Gasteiger partial charge in [0.15, 0.2) is 0 Å². The lowest BCUT2D eigenvalue weighted by Crippen LogP contribution is -2.28. The molecule has 4 rings (SSSR count). The third-order valence-electron chi connectivity index (χ3n) is 5.93. The molecular weight excluding hydrogens is 372 g/mol. The molecule has 2 aromatic carbocycles. The molecule has 2 saturated carbocycles. The van der Waals surface area contributed by atoms with Crippen LogP contribution in [0.3, 0.4) is 0 Å². The molecule has 1 amide bonds. The number of anilines is 1. The summed E-state index contributed by atoms with van der Waals surface area (Å²) in [5.41, 5.74) is 1.20. The summed E-state index contributed by atoms with van der Waals surface area (Å²) in [5, 5.41) is 13.8. The van der Waals surface area contributed by atoms with Crippen molar-refractivity contribution >= 4 is 23.3 Å². The van der Waals surface area contributed by atoms with Gasteiger partial charge in [-0.25, -0.2) is 0 Å². The molecule has 0 radical (unpaired) electrons. The Morgan fingerprint density at radius 1 is 0.966 bits per heavy atom. The number of hydrogen-bond donors (Lipinski definition) is 1. The fourth-order valence-electron chi connectivity index (χ4n) is 3.80. The zero-order chi connectivity index (χ0) is 20.6. The average molecular weight is 394 g/mol. The third-order valence-corrected chi connectivity index (χ3v) is 5.93. The summed E-state index contributed by atoms with van der Waals surface area (Å²) in [6.07, 6.45) is 2.98. The van der Waals surface area contributed by atoms with Crippen molar-refractivity contribution in [1.82, 2.24) is 0 Å². The molecule has 7 nitrogen and oxygen atoms in total. The maximum Gasteiger partial charge on any atom is 0.316 e. The first kappa shape index (κ1) is 19.1. The molecule has 0 saturated heterocycles.